The Hall–Kier alpha value is -4.15. The molecule has 1 aliphatic carbocycles. The molecule has 0 bridgehead atoms. The summed E-state index contributed by atoms with van der Waals surface area (Å²) < 4.78 is 30.0. The molecule has 6 heterocycles. The first-order valence-corrected chi connectivity index (χ1v) is 17.3. The van der Waals surface area contributed by atoms with E-state index in [4.69, 9.17) is 9.97 Å². The number of carbonyl (C=O) groups is 1. The number of likely N-dealkylation sites (tertiary alicyclic amines) is 1. The topological polar surface area (TPSA) is 101 Å². The Bertz CT molecular complexity index is 2090. The summed E-state index contributed by atoms with van der Waals surface area (Å²) in [4.78, 5) is 31.5. The summed E-state index contributed by atoms with van der Waals surface area (Å²) in [6.45, 7) is 4.72. The van der Waals surface area contributed by atoms with Gasteiger partial charge in [-0.1, -0.05) is 18.9 Å². The Labute approximate surface area is 263 Å². The number of aryl methyl sites for hydroxylation is 1. The number of anilines is 1. The van der Waals surface area contributed by atoms with E-state index in [2.05, 4.69) is 16.0 Å². The van der Waals surface area contributed by atoms with Crippen LogP contribution >= 0.6 is 0 Å². The zero-order chi connectivity index (χ0) is 30.9. The molecule has 1 amide bonds. The Morgan fingerprint density at radius 2 is 1.64 bits per heavy atom. The maximum atomic E-state index is 14.3. The van der Waals surface area contributed by atoms with Gasteiger partial charge in [-0.3, -0.25) is 19.7 Å². The van der Waals surface area contributed by atoms with Gasteiger partial charge in [0, 0.05) is 60.3 Å². The molecule has 1 saturated carbocycles. The molecule has 10 heteroatoms. The number of piperidine rings is 1. The second-order valence-electron chi connectivity index (χ2n) is 12.9. The largest absolute Gasteiger partial charge is 0.313 e. The van der Waals surface area contributed by atoms with E-state index < -0.39 is 15.4 Å². The van der Waals surface area contributed by atoms with Crippen LogP contribution in [0.15, 0.2) is 66.0 Å². The van der Waals surface area contributed by atoms with Crippen molar-refractivity contribution in [2.24, 2.45) is 0 Å². The number of carbonyl (C=O) groups excluding carboxylic acids is 1. The van der Waals surface area contributed by atoms with Gasteiger partial charge >= 0.3 is 0 Å². The monoisotopic (exact) mass is 620 g/mol. The van der Waals surface area contributed by atoms with Crippen LogP contribution in [0.5, 0.6) is 0 Å². The number of nitrogens with zero attached hydrogens (tertiary/aromatic N) is 6. The highest BCUT2D eigenvalue weighted by Crippen LogP contribution is 2.55. The Morgan fingerprint density at radius 3 is 2.38 bits per heavy atom. The minimum absolute atomic E-state index is 0.150. The minimum atomic E-state index is -3.95. The van der Waals surface area contributed by atoms with E-state index in [0.717, 1.165) is 83.6 Å². The van der Waals surface area contributed by atoms with E-state index in [1.807, 2.05) is 50.6 Å². The summed E-state index contributed by atoms with van der Waals surface area (Å²) in [6, 6.07) is 13.3. The molecule has 3 aliphatic rings. The molecule has 1 aromatic carbocycles. The number of benzene rings is 1. The SMILES string of the molecule is Cc1ccc(S(=O)(=O)n2c(CCN3CCCCC3)cc3ncc(-c4ccc5ncc6c(c5c4)C4(CCC4)C(=O)N6C)cc32)cn1. The van der Waals surface area contributed by atoms with Gasteiger partial charge in [0.15, 0.2) is 0 Å². The van der Waals surface area contributed by atoms with E-state index in [9.17, 15) is 13.2 Å². The van der Waals surface area contributed by atoms with Crippen LogP contribution in [0.2, 0.25) is 0 Å². The number of fused-ring (bicyclic) bond motifs is 5. The Balaban J connectivity index is 1.26. The van der Waals surface area contributed by atoms with E-state index in [0.29, 0.717) is 17.5 Å². The summed E-state index contributed by atoms with van der Waals surface area (Å²) in [5.74, 6) is 0.150. The molecule has 8 rings (SSSR count). The second-order valence-corrected chi connectivity index (χ2v) is 14.7. The highest BCUT2D eigenvalue weighted by molar-refractivity contribution is 7.90. The van der Waals surface area contributed by atoms with E-state index in [-0.39, 0.29) is 10.8 Å². The van der Waals surface area contributed by atoms with Crippen LogP contribution in [-0.2, 0) is 26.7 Å². The van der Waals surface area contributed by atoms with Crippen molar-refractivity contribution in [3.05, 3.63) is 78.0 Å². The van der Waals surface area contributed by atoms with Gasteiger partial charge in [-0.05, 0) is 87.7 Å². The number of amides is 1. The molecular formula is C35H36N6O3S. The average molecular weight is 621 g/mol. The zero-order valence-electron chi connectivity index (χ0n) is 25.7. The van der Waals surface area contributed by atoms with Crippen molar-refractivity contribution >= 4 is 43.6 Å². The summed E-state index contributed by atoms with van der Waals surface area (Å²) >= 11 is 0. The van der Waals surface area contributed by atoms with E-state index in [1.165, 1.54) is 29.4 Å². The molecule has 5 aromatic rings. The maximum Gasteiger partial charge on any atom is 0.269 e. The Morgan fingerprint density at radius 1 is 0.844 bits per heavy atom. The van der Waals surface area contributed by atoms with Crippen LogP contribution in [0.3, 0.4) is 0 Å². The molecule has 0 N–H and O–H groups in total. The first kappa shape index (κ1) is 28.3. The minimum Gasteiger partial charge on any atom is -0.313 e. The van der Waals surface area contributed by atoms with Gasteiger partial charge in [-0.25, -0.2) is 12.4 Å². The maximum absolute atomic E-state index is 14.3. The van der Waals surface area contributed by atoms with Crippen LogP contribution in [0.25, 0.3) is 33.1 Å². The molecular weight excluding hydrogens is 584 g/mol. The first-order chi connectivity index (χ1) is 21.8. The van der Waals surface area contributed by atoms with Crippen LogP contribution in [0, 0.1) is 6.92 Å². The number of rotatable bonds is 6. The number of pyridine rings is 3. The molecule has 9 nitrogen and oxygen atoms in total. The predicted octanol–water partition coefficient (Wildman–Crippen LogP) is 5.62. The normalized spacial score (nSPS) is 18.2. The van der Waals surface area contributed by atoms with Gasteiger partial charge in [0.2, 0.25) is 5.91 Å². The fourth-order valence-corrected chi connectivity index (χ4v) is 9.04. The number of hydrogen-bond donors (Lipinski definition) is 0. The molecule has 0 radical (unpaired) electrons. The van der Waals surface area contributed by atoms with Gasteiger partial charge in [0.1, 0.15) is 4.90 Å². The molecule has 230 valence electrons. The molecule has 2 aliphatic heterocycles. The number of aromatic nitrogens is 4. The van der Waals surface area contributed by atoms with Crippen LogP contribution in [0.4, 0.5) is 5.69 Å². The highest BCUT2D eigenvalue weighted by Gasteiger charge is 2.54. The van der Waals surface area contributed by atoms with Crippen LogP contribution in [-0.4, -0.2) is 64.8 Å². The van der Waals surface area contributed by atoms with Gasteiger partial charge in [-0.2, -0.15) is 0 Å². The van der Waals surface area contributed by atoms with Crippen molar-refractivity contribution in [2.45, 2.75) is 62.2 Å². The average Bonchev–Trinajstić information content (AvgIpc) is 3.52. The van der Waals surface area contributed by atoms with Gasteiger partial charge in [0.25, 0.3) is 10.0 Å². The van der Waals surface area contributed by atoms with Gasteiger partial charge in [0.05, 0.1) is 33.8 Å². The van der Waals surface area contributed by atoms with E-state index >= 15 is 0 Å². The summed E-state index contributed by atoms with van der Waals surface area (Å²) in [6.07, 6.45) is 12.0. The lowest BCUT2D eigenvalue weighted by molar-refractivity contribution is -0.125. The Kier molecular flexibility index (Phi) is 6.58. The fourth-order valence-electron chi connectivity index (χ4n) is 7.54. The number of likely N-dealkylation sites (N-methyl/N-ethyl adjacent to an activating group) is 1. The molecule has 0 atom stereocenters. The lowest BCUT2D eigenvalue weighted by Crippen LogP contribution is -2.43. The summed E-state index contributed by atoms with van der Waals surface area (Å²) in [7, 11) is -2.11. The quantitative estimate of drug-likeness (QED) is 0.243. The standard InChI is InChI=1S/C35H36N6O3S/c1-23-7-9-27(21-36-23)45(43,44)41-26(11-16-40-14-4-3-5-15-40)19-30-31(41)18-25(20-37-30)24-8-10-29-28(17-24)33-32(22-38-29)39(2)34(42)35(33)12-6-13-35/h7-10,17-22H,3-6,11-16H2,1-2H3. The smallest absolute Gasteiger partial charge is 0.269 e. The van der Waals surface area contributed by atoms with Crippen molar-refractivity contribution < 1.29 is 13.2 Å². The fraction of sp³-hybridized carbons (Fsp3) is 0.371. The van der Waals surface area contributed by atoms with Crippen molar-refractivity contribution in [3.8, 4) is 11.1 Å². The second kappa shape index (κ2) is 10.5. The first-order valence-electron chi connectivity index (χ1n) is 15.9. The van der Waals surface area contributed by atoms with E-state index in [1.54, 1.807) is 17.0 Å². The van der Waals surface area contributed by atoms with Crippen LogP contribution < -0.4 is 4.90 Å². The number of hydrogen-bond acceptors (Lipinski definition) is 7. The third kappa shape index (κ3) is 4.40. The summed E-state index contributed by atoms with van der Waals surface area (Å²) in [5.41, 5.74) is 6.69. The van der Waals surface area contributed by atoms with Gasteiger partial charge in [-0.15, -0.1) is 0 Å². The third-order valence-corrected chi connectivity index (χ3v) is 11.9. The molecule has 2 fully saturated rings. The van der Waals surface area contributed by atoms with Crippen molar-refractivity contribution in [1.82, 2.24) is 23.8 Å². The molecule has 1 saturated heterocycles. The summed E-state index contributed by atoms with van der Waals surface area (Å²) in [5, 5.41) is 0.971. The molecule has 1 spiro atoms. The van der Waals surface area contributed by atoms with Crippen LogP contribution in [0.1, 0.15) is 55.5 Å². The molecule has 4 aromatic heterocycles. The highest BCUT2D eigenvalue weighted by atomic mass is 32.2. The van der Waals surface area contributed by atoms with Crippen molar-refractivity contribution in [2.75, 3.05) is 31.6 Å². The molecule has 45 heavy (non-hydrogen) atoms. The lowest BCUT2D eigenvalue weighted by atomic mass is 9.64. The predicted molar refractivity (Wildman–Crippen MR) is 175 cm³/mol. The lowest BCUT2D eigenvalue weighted by Gasteiger charge is -2.37. The van der Waals surface area contributed by atoms with Gasteiger partial charge < -0.3 is 9.80 Å². The zero-order valence-corrected chi connectivity index (χ0v) is 26.5. The third-order valence-electron chi connectivity index (χ3n) is 10.2. The van der Waals surface area contributed by atoms with Crippen molar-refractivity contribution in [3.63, 3.8) is 0 Å². The molecule has 0 unspecified atom stereocenters. The van der Waals surface area contributed by atoms with Crippen molar-refractivity contribution in [1.29, 1.82) is 0 Å².